The van der Waals surface area contributed by atoms with Crippen LogP contribution in [0, 0.1) is 6.92 Å². The number of hydrogen-bond donors (Lipinski definition) is 1. The van der Waals surface area contributed by atoms with Crippen molar-refractivity contribution in [1.29, 1.82) is 0 Å². The van der Waals surface area contributed by atoms with Crippen LogP contribution in [0.15, 0.2) is 30.3 Å². The fraction of sp³-hybridized carbons (Fsp3) is 0.500. The third kappa shape index (κ3) is 2.88. The molecule has 0 aliphatic heterocycles. The first-order valence-corrected chi connectivity index (χ1v) is 7.93. The Balaban J connectivity index is 1.86. The minimum atomic E-state index is 0.473. The van der Waals surface area contributed by atoms with E-state index in [1.807, 2.05) is 11.7 Å². The fourth-order valence-electron chi connectivity index (χ4n) is 3.74. The lowest BCUT2D eigenvalue weighted by atomic mass is 9.77. The minimum absolute atomic E-state index is 0.473. The van der Waals surface area contributed by atoms with Gasteiger partial charge in [-0.3, -0.25) is 4.68 Å². The molecule has 2 atom stereocenters. The smallest absolute Gasteiger partial charge is 0.0596 e. The summed E-state index contributed by atoms with van der Waals surface area (Å²) in [6.45, 7) is 2.06. The Kier molecular flexibility index (Phi) is 4.11. The van der Waals surface area contributed by atoms with Crippen molar-refractivity contribution in [2.75, 3.05) is 7.05 Å². The maximum Gasteiger partial charge on any atom is 0.0596 e. The van der Waals surface area contributed by atoms with Gasteiger partial charge in [-0.2, -0.15) is 5.10 Å². The van der Waals surface area contributed by atoms with Crippen molar-refractivity contribution in [2.45, 2.75) is 44.6 Å². The van der Waals surface area contributed by atoms with Gasteiger partial charge in [0.25, 0.3) is 0 Å². The number of rotatable bonds is 4. The first kappa shape index (κ1) is 14.3. The Hall–Kier alpha value is -1.61. The molecule has 1 aromatic carbocycles. The fourth-order valence-corrected chi connectivity index (χ4v) is 3.74. The number of aromatic nitrogens is 2. The van der Waals surface area contributed by atoms with E-state index >= 15 is 0 Å². The van der Waals surface area contributed by atoms with E-state index < -0.39 is 0 Å². The SMILES string of the molecule is CNC(Cc1cc(C)nn1C)C1CCCc2ccccc21. The number of benzene rings is 1. The van der Waals surface area contributed by atoms with Crippen LogP contribution in [0.3, 0.4) is 0 Å². The van der Waals surface area contributed by atoms with Gasteiger partial charge in [0.05, 0.1) is 5.69 Å². The van der Waals surface area contributed by atoms with Crippen molar-refractivity contribution >= 4 is 0 Å². The maximum atomic E-state index is 4.48. The molecule has 112 valence electrons. The van der Waals surface area contributed by atoms with E-state index in [9.17, 15) is 0 Å². The predicted molar refractivity (Wildman–Crippen MR) is 86.6 cm³/mol. The summed E-state index contributed by atoms with van der Waals surface area (Å²) in [7, 11) is 4.13. The van der Waals surface area contributed by atoms with Crippen molar-refractivity contribution in [2.24, 2.45) is 7.05 Å². The van der Waals surface area contributed by atoms with Gasteiger partial charge >= 0.3 is 0 Å². The summed E-state index contributed by atoms with van der Waals surface area (Å²) < 4.78 is 2.02. The number of nitrogens with zero attached hydrogens (tertiary/aromatic N) is 2. The molecule has 3 nitrogen and oxygen atoms in total. The zero-order chi connectivity index (χ0) is 14.8. The van der Waals surface area contributed by atoms with Crippen LogP contribution in [0.1, 0.15) is 41.3 Å². The van der Waals surface area contributed by atoms with Crippen LogP contribution in [0.4, 0.5) is 0 Å². The quantitative estimate of drug-likeness (QED) is 0.935. The number of fused-ring (bicyclic) bond motifs is 1. The Labute approximate surface area is 127 Å². The number of aryl methyl sites for hydroxylation is 3. The molecule has 2 unspecified atom stereocenters. The summed E-state index contributed by atoms with van der Waals surface area (Å²) in [4.78, 5) is 0. The lowest BCUT2D eigenvalue weighted by Crippen LogP contribution is -2.36. The summed E-state index contributed by atoms with van der Waals surface area (Å²) in [5.41, 5.74) is 5.50. The highest BCUT2D eigenvalue weighted by Gasteiger charge is 2.27. The summed E-state index contributed by atoms with van der Waals surface area (Å²) in [5.74, 6) is 0.607. The van der Waals surface area contributed by atoms with Crippen LogP contribution >= 0.6 is 0 Å². The second-order valence-corrected chi connectivity index (χ2v) is 6.20. The predicted octanol–water partition coefficient (Wildman–Crippen LogP) is 2.98. The van der Waals surface area contributed by atoms with Crippen LogP contribution in [0.25, 0.3) is 0 Å². The lowest BCUT2D eigenvalue weighted by Gasteiger charge is -2.32. The Morgan fingerprint density at radius 2 is 2.19 bits per heavy atom. The Morgan fingerprint density at radius 3 is 2.90 bits per heavy atom. The molecule has 0 fully saturated rings. The highest BCUT2D eigenvalue weighted by atomic mass is 15.3. The minimum Gasteiger partial charge on any atom is -0.316 e. The molecule has 3 heteroatoms. The molecule has 1 aromatic heterocycles. The number of likely N-dealkylation sites (N-methyl/N-ethyl adjacent to an activating group) is 1. The number of hydrogen-bond acceptors (Lipinski definition) is 2. The molecule has 0 bridgehead atoms. The first-order chi connectivity index (χ1) is 10.2. The van der Waals surface area contributed by atoms with Crippen molar-refractivity contribution in [3.63, 3.8) is 0 Å². The molecule has 3 rings (SSSR count). The highest BCUT2D eigenvalue weighted by molar-refractivity contribution is 5.34. The molecule has 0 amide bonds. The third-order valence-electron chi connectivity index (χ3n) is 4.80. The average Bonchev–Trinajstić information content (AvgIpc) is 2.82. The molecule has 1 heterocycles. The largest absolute Gasteiger partial charge is 0.316 e. The molecule has 1 aliphatic rings. The number of nitrogens with one attached hydrogen (secondary N) is 1. The first-order valence-electron chi connectivity index (χ1n) is 7.93. The molecule has 1 N–H and O–H groups in total. The molecule has 0 saturated heterocycles. The second kappa shape index (κ2) is 6.02. The molecular formula is C18H25N3. The second-order valence-electron chi connectivity index (χ2n) is 6.20. The van der Waals surface area contributed by atoms with Gasteiger partial charge < -0.3 is 5.32 Å². The standard InChI is InChI=1S/C18H25N3/c1-13-11-15(21(3)20-13)12-18(19-2)17-10-6-8-14-7-4-5-9-16(14)17/h4-5,7,9,11,17-19H,6,8,10,12H2,1-3H3. The van der Waals surface area contributed by atoms with Crippen molar-refractivity contribution in [3.05, 3.63) is 52.8 Å². The lowest BCUT2D eigenvalue weighted by molar-refractivity contribution is 0.404. The monoisotopic (exact) mass is 283 g/mol. The summed E-state index contributed by atoms with van der Waals surface area (Å²) in [6.07, 6.45) is 4.84. The van der Waals surface area contributed by atoms with Crippen molar-refractivity contribution in [1.82, 2.24) is 15.1 Å². The molecule has 21 heavy (non-hydrogen) atoms. The van der Waals surface area contributed by atoms with Gasteiger partial charge in [-0.25, -0.2) is 0 Å². The van der Waals surface area contributed by atoms with Crippen molar-refractivity contribution < 1.29 is 0 Å². The van der Waals surface area contributed by atoms with Crippen LogP contribution in [-0.2, 0) is 19.9 Å². The van der Waals surface area contributed by atoms with E-state index in [1.54, 1.807) is 5.56 Å². The molecule has 0 radical (unpaired) electrons. The van der Waals surface area contributed by atoms with E-state index in [-0.39, 0.29) is 0 Å². The van der Waals surface area contributed by atoms with Gasteiger partial charge in [0.2, 0.25) is 0 Å². The maximum absolute atomic E-state index is 4.48. The Morgan fingerprint density at radius 1 is 1.38 bits per heavy atom. The van der Waals surface area contributed by atoms with Gasteiger partial charge in [-0.05, 0) is 56.3 Å². The molecule has 0 saturated carbocycles. The highest BCUT2D eigenvalue weighted by Crippen LogP contribution is 2.34. The average molecular weight is 283 g/mol. The summed E-state index contributed by atoms with van der Waals surface area (Å²) in [5, 5.41) is 8.03. The van der Waals surface area contributed by atoms with E-state index in [0.29, 0.717) is 12.0 Å². The molecular weight excluding hydrogens is 258 g/mol. The van der Waals surface area contributed by atoms with E-state index in [1.165, 1.54) is 30.5 Å². The van der Waals surface area contributed by atoms with Crippen LogP contribution in [-0.4, -0.2) is 22.9 Å². The van der Waals surface area contributed by atoms with E-state index in [2.05, 4.69) is 54.7 Å². The topological polar surface area (TPSA) is 29.9 Å². The van der Waals surface area contributed by atoms with Gasteiger partial charge in [0, 0.05) is 25.2 Å². The molecule has 2 aromatic rings. The zero-order valence-corrected chi connectivity index (χ0v) is 13.3. The van der Waals surface area contributed by atoms with Crippen LogP contribution in [0.5, 0.6) is 0 Å². The normalized spacial score (nSPS) is 19.3. The Bertz CT molecular complexity index is 615. The summed E-state index contributed by atoms with van der Waals surface area (Å²) >= 11 is 0. The molecule has 0 spiro atoms. The van der Waals surface area contributed by atoms with Gasteiger partial charge in [-0.15, -0.1) is 0 Å². The van der Waals surface area contributed by atoms with Crippen molar-refractivity contribution in [3.8, 4) is 0 Å². The van der Waals surface area contributed by atoms with E-state index in [4.69, 9.17) is 0 Å². The summed E-state index contributed by atoms with van der Waals surface area (Å²) in [6, 6.07) is 11.6. The van der Waals surface area contributed by atoms with Crippen LogP contribution < -0.4 is 5.32 Å². The van der Waals surface area contributed by atoms with Gasteiger partial charge in [0.1, 0.15) is 0 Å². The third-order valence-corrected chi connectivity index (χ3v) is 4.80. The van der Waals surface area contributed by atoms with Crippen LogP contribution in [0.2, 0.25) is 0 Å². The van der Waals surface area contributed by atoms with Gasteiger partial charge in [0.15, 0.2) is 0 Å². The van der Waals surface area contributed by atoms with E-state index in [0.717, 1.165) is 12.1 Å². The van der Waals surface area contributed by atoms with Gasteiger partial charge in [-0.1, -0.05) is 24.3 Å². The zero-order valence-electron chi connectivity index (χ0n) is 13.3. The molecule has 1 aliphatic carbocycles.